The second kappa shape index (κ2) is 8.84. The lowest BCUT2D eigenvalue weighted by molar-refractivity contribution is 0.417. The van der Waals surface area contributed by atoms with E-state index in [-0.39, 0.29) is 4.90 Å². The van der Waals surface area contributed by atoms with Gasteiger partial charge in [0.25, 0.3) is 0 Å². The number of fused-ring (bicyclic) bond motifs is 1. The summed E-state index contributed by atoms with van der Waals surface area (Å²) >= 11 is 1.42. The highest BCUT2D eigenvalue weighted by atomic mass is 32.2. The second-order valence-electron chi connectivity index (χ2n) is 7.18. The van der Waals surface area contributed by atoms with E-state index < -0.39 is 32.8 Å². The molecule has 166 valence electrons. The molecule has 0 aromatic heterocycles. The van der Waals surface area contributed by atoms with Gasteiger partial charge in [0, 0.05) is 27.6 Å². The maximum atomic E-state index is 14.0. The lowest BCUT2D eigenvalue weighted by atomic mass is 10.1. The standard InChI is InChI=1S/C23H20F2N2O3S2/c1-30-22-8-5-14(10-20(22)26)9-15-12-27-21-7-6-16(11-23(21)31-15)32(28,29)13-17-18(24)3-2-4-19(17)25/h2-11,27H,12-13,26H2,1H3. The van der Waals surface area contributed by atoms with Crippen LogP contribution in [0.2, 0.25) is 0 Å². The monoisotopic (exact) mass is 474 g/mol. The van der Waals surface area contributed by atoms with Crippen molar-refractivity contribution in [3.63, 3.8) is 0 Å². The van der Waals surface area contributed by atoms with E-state index in [1.54, 1.807) is 25.3 Å². The number of ether oxygens (including phenoxy) is 1. The zero-order valence-electron chi connectivity index (χ0n) is 17.1. The van der Waals surface area contributed by atoms with Crippen LogP contribution in [0.4, 0.5) is 20.2 Å². The van der Waals surface area contributed by atoms with E-state index in [2.05, 4.69) is 5.32 Å². The van der Waals surface area contributed by atoms with Crippen molar-refractivity contribution in [1.82, 2.24) is 0 Å². The Morgan fingerprint density at radius 2 is 1.88 bits per heavy atom. The van der Waals surface area contributed by atoms with Gasteiger partial charge in [-0.3, -0.25) is 0 Å². The van der Waals surface area contributed by atoms with Gasteiger partial charge in [0.2, 0.25) is 0 Å². The molecule has 0 aliphatic carbocycles. The summed E-state index contributed by atoms with van der Waals surface area (Å²) in [6.45, 7) is 0.566. The molecule has 1 heterocycles. The molecule has 9 heteroatoms. The van der Waals surface area contributed by atoms with Crippen molar-refractivity contribution >= 4 is 39.0 Å². The molecule has 3 aromatic carbocycles. The molecule has 0 fully saturated rings. The second-order valence-corrected chi connectivity index (χ2v) is 10.3. The predicted molar refractivity (Wildman–Crippen MR) is 123 cm³/mol. The smallest absolute Gasteiger partial charge is 0.182 e. The number of nitrogens with two attached hydrogens (primary N) is 1. The van der Waals surface area contributed by atoms with E-state index in [0.29, 0.717) is 22.9 Å². The van der Waals surface area contributed by atoms with Crippen molar-refractivity contribution in [2.75, 3.05) is 24.7 Å². The summed E-state index contributed by atoms with van der Waals surface area (Å²) < 4.78 is 58.8. The average molecular weight is 475 g/mol. The number of anilines is 2. The Morgan fingerprint density at radius 1 is 1.12 bits per heavy atom. The Kier molecular flexibility index (Phi) is 6.12. The first-order valence-corrected chi connectivity index (χ1v) is 12.1. The highest BCUT2D eigenvalue weighted by Gasteiger charge is 2.23. The molecular weight excluding hydrogens is 454 g/mol. The van der Waals surface area contributed by atoms with Crippen molar-refractivity contribution in [3.05, 3.63) is 82.3 Å². The third kappa shape index (κ3) is 4.58. The zero-order valence-corrected chi connectivity index (χ0v) is 18.7. The fourth-order valence-electron chi connectivity index (χ4n) is 3.34. The molecule has 0 unspecified atom stereocenters. The van der Waals surface area contributed by atoms with Crippen LogP contribution in [0.15, 0.2) is 69.3 Å². The van der Waals surface area contributed by atoms with Gasteiger partial charge in [-0.15, -0.1) is 0 Å². The summed E-state index contributed by atoms with van der Waals surface area (Å²) in [5, 5.41) is 3.26. The summed E-state index contributed by atoms with van der Waals surface area (Å²) in [7, 11) is -2.40. The van der Waals surface area contributed by atoms with Gasteiger partial charge in [-0.1, -0.05) is 23.9 Å². The summed E-state index contributed by atoms with van der Waals surface area (Å²) in [4.78, 5) is 1.67. The van der Waals surface area contributed by atoms with E-state index in [1.165, 1.54) is 30.0 Å². The summed E-state index contributed by atoms with van der Waals surface area (Å²) in [6.07, 6.45) is 1.95. The first-order chi connectivity index (χ1) is 15.3. The van der Waals surface area contributed by atoms with Crippen molar-refractivity contribution in [3.8, 4) is 5.75 Å². The first-order valence-electron chi connectivity index (χ1n) is 9.62. The Hall–Kier alpha value is -3.04. The van der Waals surface area contributed by atoms with E-state index in [0.717, 1.165) is 28.3 Å². The minimum absolute atomic E-state index is 0.00291. The van der Waals surface area contributed by atoms with Crippen LogP contribution in [0, 0.1) is 11.6 Å². The Balaban J connectivity index is 1.60. The molecule has 1 aliphatic rings. The number of hydrogen-bond acceptors (Lipinski definition) is 6. The number of nitrogen functional groups attached to an aromatic ring is 1. The number of nitrogens with one attached hydrogen (secondary N) is 1. The Morgan fingerprint density at radius 3 is 2.56 bits per heavy atom. The molecule has 0 radical (unpaired) electrons. The maximum absolute atomic E-state index is 14.0. The number of halogens is 2. The predicted octanol–water partition coefficient (Wildman–Crippen LogP) is 5.09. The van der Waals surface area contributed by atoms with E-state index in [9.17, 15) is 17.2 Å². The van der Waals surface area contributed by atoms with Crippen molar-refractivity contribution in [2.24, 2.45) is 0 Å². The lowest BCUT2D eigenvalue weighted by Gasteiger charge is -2.21. The van der Waals surface area contributed by atoms with Gasteiger partial charge in [0.05, 0.1) is 23.4 Å². The van der Waals surface area contributed by atoms with E-state index >= 15 is 0 Å². The molecule has 4 rings (SSSR count). The molecule has 0 saturated heterocycles. The normalized spacial score (nSPS) is 14.7. The van der Waals surface area contributed by atoms with Crippen LogP contribution in [0.1, 0.15) is 11.1 Å². The van der Waals surface area contributed by atoms with Crippen molar-refractivity contribution in [2.45, 2.75) is 15.5 Å². The molecule has 3 N–H and O–H groups in total. The number of rotatable bonds is 5. The molecule has 3 aromatic rings. The van der Waals surface area contributed by atoms with Gasteiger partial charge >= 0.3 is 0 Å². The fourth-order valence-corrected chi connectivity index (χ4v) is 5.87. The molecule has 0 saturated carbocycles. The van der Waals surface area contributed by atoms with Crippen LogP contribution in [-0.2, 0) is 15.6 Å². The van der Waals surface area contributed by atoms with Gasteiger partial charge in [0.15, 0.2) is 9.84 Å². The minimum Gasteiger partial charge on any atom is -0.495 e. The van der Waals surface area contributed by atoms with Gasteiger partial charge in [-0.25, -0.2) is 17.2 Å². The number of methoxy groups -OCH3 is 1. The van der Waals surface area contributed by atoms with Crippen LogP contribution in [0.25, 0.3) is 6.08 Å². The molecule has 32 heavy (non-hydrogen) atoms. The third-order valence-corrected chi connectivity index (χ3v) is 7.71. The van der Waals surface area contributed by atoms with E-state index in [1.807, 2.05) is 12.1 Å². The zero-order chi connectivity index (χ0) is 22.9. The molecule has 0 spiro atoms. The third-order valence-electron chi connectivity index (χ3n) is 4.98. The van der Waals surface area contributed by atoms with Crippen LogP contribution >= 0.6 is 11.8 Å². The molecule has 1 aliphatic heterocycles. The number of sulfone groups is 1. The summed E-state index contributed by atoms with van der Waals surface area (Å²) in [6, 6.07) is 13.4. The highest BCUT2D eigenvalue weighted by molar-refractivity contribution is 8.03. The fraction of sp³-hybridized carbons (Fsp3) is 0.130. The van der Waals surface area contributed by atoms with Gasteiger partial charge in [0.1, 0.15) is 17.4 Å². The van der Waals surface area contributed by atoms with E-state index in [4.69, 9.17) is 10.5 Å². The SMILES string of the molecule is COc1ccc(C=C2CNc3ccc(S(=O)(=O)Cc4c(F)cccc4F)cc3S2)cc1N. The van der Waals surface area contributed by atoms with Crippen molar-refractivity contribution < 1.29 is 21.9 Å². The molecule has 5 nitrogen and oxygen atoms in total. The highest BCUT2D eigenvalue weighted by Crippen LogP contribution is 2.40. The molecule has 0 bridgehead atoms. The van der Waals surface area contributed by atoms with Crippen LogP contribution in [-0.4, -0.2) is 22.1 Å². The van der Waals surface area contributed by atoms with Gasteiger partial charge in [-0.05, 0) is 54.1 Å². The summed E-state index contributed by atoms with van der Waals surface area (Å²) in [5.74, 6) is -1.93. The number of thioether (sulfide) groups is 1. The maximum Gasteiger partial charge on any atom is 0.182 e. The largest absolute Gasteiger partial charge is 0.495 e. The van der Waals surface area contributed by atoms with Crippen molar-refractivity contribution in [1.29, 1.82) is 0 Å². The topological polar surface area (TPSA) is 81.4 Å². The van der Waals surface area contributed by atoms with Gasteiger partial charge < -0.3 is 15.8 Å². The summed E-state index contributed by atoms with van der Waals surface area (Å²) in [5.41, 5.74) is 7.70. The van der Waals surface area contributed by atoms with Crippen LogP contribution < -0.4 is 15.8 Å². The van der Waals surface area contributed by atoms with Crippen LogP contribution in [0.3, 0.4) is 0 Å². The number of benzene rings is 3. The quantitative estimate of drug-likeness (QED) is 0.502. The molecular formula is C23H20F2N2O3S2. The van der Waals surface area contributed by atoms with Gasteiger partial charge in [-0.2, -0.15) is 0 Å². The Bertz CT molecular complexity index is 1300. The number of hydrogen-bond donors (Lipinski definition) is 2. The molecule has 0 atom stereocenters. The average Bonchev–Trinajstić information content (AvgIpc) is 2.76. The lowest BCUT2D eigenvalue weighted by Crippen LogP contribution is -2.12. The Labute approximate surface area is 189 Å². The minimum atomic E-state index is -3.95. The molecule has 0 amide bonds. The van der Waals surface area contributed by atoms with Crippen LogP contribution in [0.5, 0.6) is 5.75 Å². The first kappa shape index (κ1) is 22.2.